The molecule has 0 amide bonds. The van der Waals surface area contributed by atoms with Crippen molar-refractivity contribution in [3.05, 3.63) is 30.3 Å². The quantitative estimate of drug-likeness (QED) is 0.682. The molecular weight excluding hydrogens is 224 g/mol. The molecule has 0 bridgehead atoms. The predicted molar refractivity (Wildman–Crippen MR) is 78.3 cm³/mol. The van der Waals surface area contributed by atoms with Crippen LogP contribution in [0.5, 0.6) is 0 Å². The first kappa shape index (κ1) is 15.0. The molecule has 0 spiro atoms. The molecule has 1 rings (SSSR count). The molecule has 102 valence electrons. The molecular formula is C15H26N2O. The number of benzene rings is 1. The molecule has 0 fully saturated rings. The summed E-state index contributed by atoms with van der Waals surface area (Å²) in [4.78, 5) is 2.28. The predicted octanol–water partition coefficient (Wildman–Crippen LogP) is 2.53. The number of anilines is 1. The highest BCUT2D eigenvalue weighted by Gasteiger charge is 1.98. The van der Waals surface area contributed by atoms with Crippen LogP contribution in [0.4, 0.5) is 5.69 Å². The zero-order chi connectivity index (χ0) is 13.2. The van der Waals surface area contributed by atoms with E-state index < -0.39 is 0 Å². The van der Waals surface area contributed by atoms with Crippen molar-refractivity contribution in [2.24, 2.45) is 0 Å². The fraction of sp³-hybridized carbons (Fsp3) is 0.600. The summed E-state index contributed by atoms with van der Waals surface area (Å²) >= 11 is 0. The lowest BCUT2D eigenvalue weighted by Gasteiger charge is -2.19. The van der Waals surface area contributed by atoms with E-state index in [0.717, 1.165) is 32.7 Å². The molecule has 3 nitrogen and oxygen atoms in total. The van der Waals surface area contributed by atoms with Gasteiger partial charge in [-0.05, 0) is 38.9 Å². The minimum absolute atomic E-state index is 0.330. The monoisotopic (exact) mass is 250 g/mol. The molecule has 0 heterocycles. The van der Waals surface area contributed by atoms with Crippen LogP contribution in [0.25, 0.3) is 0 Å². The van der Waals surface area contributed by atoms with Gasteiger partial charge in [0.25, 0.3) is 0 Å². The molecule has 0 aliphatic rings. The van der Waals surface area contributed by atoms with E-state index in [0.29, 0.717) is 6.10 Å². The first-order valence-corrected chi connectivity index (χ1v) is 6.78. The van der Waals surface area contributed by atoms with Gasteiger partial charge >= 0.3 is 0 Å². The third-order valence-electron chi connectivity index (χ3n) is 2.77. The smallest absolute Gasteiger partial charge is 0.0594 e. The summed E-state index contributed by atoms with van der Waals surface area (Å²) in [6, 6.07) is 10.5. The number of nitrogens with zero attached hydrogens (tertiary/aromatic N) is 1. The summed E-state index contributed by atoms with van der Waals surface area (Å²) < 4.78 is 5.47. The molecule has 1 aromatic carbocycles. The number of nitrogens with one attached hydrogen (secondary N) is 1. The fourth-order valence-corrected chi connectivity index (χ4v) is 1.74. The number of rotatable bonds is 9. The van der Waals surface area contributed by atoms with Gasteiger partial charge in [0.05, 0.1) is 12.7 Å². The summed E-state index contributed by atoms with van der Waals surface area (Å²) in [6.07, 6.45) is 1.48. The van der Waals surface area contributed by atoms with E-state index in [4.69, 9.17) is 4.74 Å². The van der Waals surface area contributed by atoms with E-state index in [9.17, 15) is 0 Å². The van der Waals surface area contributed by atoms with Crippen molar-refractivity contribution >= 4 is 5.69 Å². The van der Waals surface area contributed by atoms with Crippen LogP contribution in [0.1, 0.15) is 20.3 Å². The van der Waals surface area contributed by atoms with Gasteiger partial charge in [-0.25, -0.2) is 0 Å². The van der Waals surface area contributed by atoms with E-state index >= 15 is 0 Å². The Hall–Kier alpha value is -1.06. The van der Waals surface area contributed by atoms with Crippen LogP contribution in [-0.2, 0) is 4.74 Å². The summed E-state index contributed by atoms with van der Waals surface area (Å²) in [6.45, 7) is 7.98. The Morgan fingerprint density at radius 3 is 2.56 bits per heavy atom. The van der Waals surface area contributed by atoms with Crippen molar-refractivity contribution in [2.75, 3.05) is 38.2 Å². The molecule has 0 saturated carbocycles. The highest BCUT2D eigenvalue weighted by Crippen LogP contribution is 2.10. The van der Waals surface area contributed by atoms with Crippen molar-refractivity contribution in [3.8, 4) is 0 Å². The zero-order valence-corrected chi connectivity index (χ0v) is 11.9. The first-order valence-electron chi connectivity index (χ1n) is 6.78. The third kappa shape index (κ3) is 6.62. The maximum atomic E-state index is 5.47. The number of ether oxygens (including phenoxy) is 1. The number of para-hydroxylation sites is 1. The van der Waals surface area contributed by atoms with Crippen LogP contribution >= 0.6 is 0 Å². The lowest BCUT2D eigenvalue weighted by Crippen LogP contribution is -2.26. The molecule has 0 radical (unpaired) electrons. The maximum absolute atomic E-state index is 5.47. The van der Waals surface area contributed by atoms with Crippen molar-refractivity contribution in [3.63, 3.8) is 0 Å². The molecule has 1 N–H and O–H groups in total. The normalized spacial score (nSPS) is 10.9. The number of hydrogen-bond acceptors (Lipinski definition) is 3. The largest absolute Gasteiger partial charge is 0.377 e. The van der Waals surface area contributed by atoms with Crippen LogP contribution < -0.4 is 10.2 Å². The van der Waals surface area contributed by atoms with Crippen LogP contribution in [0.15, 0.2) is 30.3 Å². The Balaban J connectivity index is 2.01. The van der Waals surface area contributed by atoms with Crippen molar-refractivity contribution in [1.82, 2.24) is 5.32 Å². The van der Waals surface area contributed by atoms with Gasteiger partial charge in [-0.2, -0.15) is 0 Å². The minimum Gasteiger partial charge on any atom is -0.377 e. The summed E-state index contributed by atoms with van der Waals surface area (Å²) in [5, 5.41) is 3.40. The van der Waals surface area contributed by atoms with Crippen molar-refractivity contribution in [1.29, 1.82) is 0 Å². The molecule has 3 heteroatoms. The molecule has 0 aromatic heterocycles. The Kier molecular flexibility index (Phi) is 7.46. The lowest BCUT2D eigenvalue weighted by molar-refractivity contribution is 0.0809. The van der Waals surface area contributed by atoms with Gasteiger partial charge in [-0.15, -0.1) is 0 Å². The average Bonchev–Trinajstić information content (AvgIpc) is 2.38. The van der Waals surface area contributed by atoms with E-state index in [1.165, 1.54) is 5.69 Å². The Morgan fingerprint density at radius 1 is 1.17 bits per heavy atom. The average molecular weight is 250 g/mol. The van der Waals surface area contributed by atoms with E-state index in [1.807, 2.05) is 6.07 Å². The van der Waals surface area contributed by atoms with Gasteiger partial charge in [-0.1, -0.05) is 18.2 Å². The minimum atomic E-state index is 0.330. The van der Waals surface area contributed by atoms with E-state index in [-0.39, 0.29) is 0 Å². The molecule has 1 aromatic rings. The summed E-state index contributed by atoms with van der Waals surface area (Å²) in [5.74, 6) is 0. The van der Waals surface area contributed by atoms with Gasteiger partial charge < -0.3 is 15.0 Å². The Bertz CT molecular complexity index is 301. The van der Waals surface area contributed by atoms with Gasteiger partial charge in [-0.3, -0.25) is 0 Å². The highest BCUT2D eigenvalue weighted by atomic mass is 16.5. The van der Waals surface area contributed by atoms with Crippen LogP contribution in [-0.4, -0.2) is 39.4 Å². The second-order valence-corrected chi connectivity index (χ2v) is 4.78. The molecule has 0 saturated heterocycles. The topological polar surface area (TPSA) is 24.5 Å². The third-order valence-corrected chi connectivity index (χ3v) is 2.77. The van der Waals surface area contributed by atoms with Crippen LogP contribution in [0.2, 0.25) is 0 Å². The highest BCUT2D eigenvalue weighted by molar-refractivity contribution is 5.44. The number of hydrogen-bond donors (Lipinski definition) is 1. The second kappa shape index (κ2) is 8.95. The van der Waals surface area contributed by atoms with Gasteiger partial charge in [0.1, 0.15) is 0 Å². The Morgan fingerprint density at radius 2 is 1.89 bits per heavy atom. The van der Waals surface area contributed by atoms with Gasteiger partial charge in [0.2, 0.25) is 0 Å². The summed E-state index contributed by atoms with van der Waals surface area (Å²) in [5.41, 5.74) is 1.28. The zero-order valence-electron chi connectivity index (χ0n) is 11.9. The lowest BCUT2D eigenvalue weighted by atomic mass is 10.3. The van der Waals surface area contributed by atoms with Crippen LogP contribution in [0.3, 0.4) is 0 Å². The maximum Gasteiger partial charge on any atom is 0.0594 e. The SMILES string of the molecule is CC(C)OCCNCCCN(C)c1ccccc1. The molecule has 0 aliphatic carbocycles. The van der Waals surface area contributed by atoms with Crippen LogP contribution in [0, 0.1) is 0 Å². The second-order valence-electron chi connectivity index (χ2n) is 4.78. The molecule has 18 heavy (non-hydrogen) atoms. The van der Waals surface area contributed by atoms with Gasteiger partial charge in [0.15, 0.2) is 0 Å². The Labute approximate surface area is 111 Å². The van der Waals surface area contributed by atoms with Crippen molar-refractivity contribution < 1.29 is 4.74 Å². The van der Waals surface area contributed by atoms with Gasteiger partial charge in [0, 0.05) is 25.8 Å². The molecule has 0 aliphatic heterocycles. The van der Waals surface area contributed by atoms with E-state index in [2.05, 4.69) is 55.4 Å². The molecule has 0 atom stereocenters. The van der Waals surface area contributed by atoms with Crippen molar-refractivity contribution in [2.45, 2.75) is 26.4 Å². The molecule has 0 unspecified atom stereocenters. The standard InChI is InChI=1S/C15H26N2O/c1-14(2)18-13-11-16-10-7-12-17(3)15-8-5-4-6-9-15/h4-6,8-9,14,16H,7,10-13H2,1-3H3. The summed E-state index contributed by atoms with van der Waals surface area (Å²) in [7, 11) is 2.14. The first-order chi connectivity index (χ1) is 8.70. The van der Waals surface area contributed by atoms with E-state index in [1.54, 1.807) is 0 Å². The fourth-order valence-electron chi connectivity index (χ4n) is 1.74.